The Bertz CT molecular complexity index is 485. The summed E-state index contributed by atoms with van der Waals surface area (Å²) in [6.07, 6.45) is 0. The summed E-state index contributed by atoms with van der Waals surface area (Å²) in [7, 11) is 1.08. The third-order valence-electron chi connectivity index (χ3n) is 1.85. The molecule has 0 aliphatic heterocycles. The Morgan fingerprint density at radius 2 is 2.18 bits per heavy atom. The summed E-state index contributed by atoms with van der Waals surface area (Å²) in [6.45, 7) is -3.15. The number of ether oxygens (including phenoxy) is 2. The minimum absolute atomic E-state index is 0.0894. The van der Waals surface area contributed by atoms with Crippen molar-refractivity contribution in [3.8, 4) is 11.8 Å². The molecule has 0 aromatic heterocycles. The number of alkyl halides is 2. The Hall–Kier alpha value is -1.81. The first-order valence-electron chi connectivity index (χ1n) is 4.30. The summed E-state index contributed by atoms with van der Waals surface area (Å²) in [4.78, 5) is 11.5. The van der Waals surface area contributed by atoms with E-state index in [1.807, 2.05) is 0 Å². The maximum atomic E-state index is 12.2. The molecule has 0 atom stereocenters. The summed E-state index contributed by atoms with van der Waals surface area (Å²) in [5.74, 6) is -1.43. The monoisotopic (exact) mass is 259 g/mol. The van der Waals surface area contributed by atoms with Gasteiger partial charge in [0.1, 0.15) is 11.6 Å². The van der Waals surface area contributed by atoms with Crippen molar-refractivity contribution in [2.24, 2.45) is 0 Å². The van der Waals surface area contributed by atoms with Gasteiger partial charge >= 0.3 is 12.6 Å². The van der Waals surface area contributed by atoms with Gasteiger partial charge in [-0.2, -0.15) is 14.0 Å². The molecule has 0 heterocycles. The van der Waals surface area contributed by atoms with Gasteiger partial charge in [0.25, 0.3) is 0 Å². The second-order valence-corrected chi connectivity index (χ2v) is 3.30. The fourth-order valence-electron chi connectivity index (χ4n) is 1.17. The van der Waals surface area contributed by atoms with Crippen LogP contribution < -0.4 is 4.74 Å². The second-order valence-electron chi connectivity index (χ2n) is 2.82. The van der Waals surface area contributed by atoms with Crippen molar-refractivity contribution in [3.63, 3.8) is 0 Å². The predicted octanol–water partition coefficient (Wildman–Crippen LogP) is 2.23. The lowest BCUT2D eigenvalue weighted by Crippen LogP contribution is -2.11. The van der Waals surface area contributed by atoms with Crippen molar-refractivity contribution in [1.29, 1.82) is 5.26 Å². The lowest BCUT2D eigenvalue weighted by Gasteiger charge is -2.12. The molecule has 1 aromatic rings. The average molecular weight is 259 g/mol. The maximum absolute atomic E-state index is 12.2. The van der Waals surface area contributed by atoms with E-state index in [0.717, 1.165) is 7.11 Å². The van der Waals surface area contributed by atoms with E-state index in [1.54, 1.807) is 6.07 Å². The van der Waals surface area contributed by atoms with Crippen LogP contribution in [0.15, 0.2) is 17.0 Å². The molecule has 7 heteroatoms. The van der Waals surface area contributed by atoms with E-state index in [-0.39, 0.29) is 16.0 Å². The molecule has 0 saturated heterocycles. The molecule has 4 nitrogen and oxygen atoms in total. The Labute approximate surface area is 101 Å². The van der Waals surface area contributed by atoms with Crippen LogP contribution in [0.25, 0.3) is 0 Å². The molecular weight excluding hydrogens is 252 g/mol. The van der Waals surface area contributed by atoms with Crippen molar-refractivity contribution < 1.29 is 23.0 Å². The quantitative estimate of drug-likeness (QED) is 0.668. The first kappa shape index (κ1) is 13.3. The van der Waals surface area contributed by atoms with Gasteiger partial charge in [0.2, 0.25) is 0 Å². The maximum Gasteiger partial charge on any atom is 0.387 e. The van der Waals surface area contributed by atoms with E-state index in [4.69, 9.17) is 5.26 Å². The fourth-order valence-corrected chi connectivity index (χ4v) is 1.44. The molecule has 17 heavy (non-hydrogen) atoms. The van der Waals surface area contributed by atoms with Gasteiger partial charge in [-0.25, -0.2) is 4.79 Å². The van der Waals surface area contributed by atoms with Gasteiger partial charge in [0.15, 0.2) is 5.75 Å². The number of hydrogen-bond acceptors (Lipinski definition) is 5. The first-order valence-corrected chi connectivity index (χ1v) is 4.75. The predicted molar refractivity (Wildman–Crippen MR) is 56.4 cm³/mol. The number of rotatable bonds is 3. The van der Waals surface area contributed by atoms with E-state index in [9.17, 15) is 13.6 Å². The average Bonchev–Trinajstić information content (AvgIpc) is 2.28. The van der Waals surface area contributed by atoms with E-state index in [1.165, 1.54) is 12.1 Å². The number of carbonyl (C=O) groups is 1. The van der Waals surface area contributed by atoms with Crippen molar-refractivity contribution >= 4 is 18.6 Å². The van der Waals surface area contributed by atoms with E-state index in [2.05, 4.69) is 22.1 Å². The third-order valence-corrected chi connectivity index (χ3v) is 2.23. The van der Waals surface area contributed by atoms with Gasteiger partial charge < -0.3 is 9.47 Å². The van der Waals surface area contributed by atoms with Crippen LogP contribution in [0.5, 0.6) is 5.75 Å². The van der Waals surface area contributed by atoms with Crippen LogP contribution in [0.1, 0.15) is 15.9 Å². The van der Waals surface area contributed by atoms with E-state index in [0.29, 0.717) is 0 Å². The van der Waals surface area contributed by atoms with E-state index >= 15 is 0 Å². The second kappa shape index (κ2) is 5.50. The molecule has 1 aromatic carbocycles. The number of thiol groups is 1. The lowest BCUT2D eigenvalue weighted by atomic mass is 10.1. The zero-order chi connectivity index (χ0) is 13.0. The normalized spacial score (nSPS) is 9.88. The number of nitrogens with zero attached hydrogens (tertiary/aromatic N) is 1. The number of methoxy groups -OCH3 is 1. The molecule has 1 rings (SSSR count). The molecular formula is C10H7F2NO3S. The number of nitriles is 1. The van der Waals surface area contributed by atoms with Crippen molar-refractivity contribution in [1.82, 2.24) is 0 Å². The van der Waals surface area contributed by atoms with Crippen LogP contribution in [0.3, 0.4) is 0 Å². The topological polar surface area (TPSA) is 59.3 Å². The minimum Gasteiger partial charge on any atom is -0.465 e. The Morgan fingerprint density at radius 3 is 2.65 bits per heavy atom. The van der Waals surface area contributed by atoms with Gasteiger partial charge in [-0.15, -0.1) is 12.6 Å². The van der Waals surface area contributed by atoms with Crippen molar-refractivity contribution in [3.05, 3.63) is 23.3 Å². The van der Waals surface area contributed by atoms with Gasteiger partial charge in [-0.1, -0.05) is 0 Å². The number of halogens is 2. The summed E-state index contributed by atoms with van der Waals surface area (Å²) in [6, 6.07) is 4.20. The zero-order valence-corrected chi connectivity index (χ0v) is 9.50. The molecule has 90 valence electrons. The van der Waals surface area contributed by atoms with Crippen molar-refractivity contribution in [2.75, 3.05) is 7.11 Å². The van der Waals surface area contributed by atoms with Gasteiger partial charge in [-0.3, -0.25) is 0 Å². The lowest BCUT2D eigenvalue weighted by molar-refractivity contribution is -0.0507. The van der Waals surface area contributed by atoms with Gasteiger partial charge in [0.05, 0.1) is 12.7 Å². The summed E-state index contributed by atoms with van der Waals surface area (Å²) < 4.78 is 33.0. The highest BCUT2D eigenvalue weighted by Crippen LogP contribution is 2.31. The largest absolute Gasteiger partial charge is 0.465 e. The molecule has 0 amide bonds. The zero-order valence-electron chi connectivity index (χ0n) is 8.61. The molecule has 0 bridgehead atoms. The van der Waals surface area contributed by atoms with E-state index < -0.39 is 18.3 Å². The van der Waals surface area contributed by atoms with Gasteiger partial charge in [-0.05, 0) is 12.1 Å². The molecule has 0 radical (unpaired) electrons. The highest BCUT2D eigenvalue weighted by Gasteiger charge is 2.23. The number of carbonyl (C=O) groups excluding carboxylic acids is 1. The minimum atomic E-state index is -3.15. The molecule has 0 spiro atoms. The third kappa shape index (κ3) is 2.85. The molecule has 0 aliphatic carbocycles. The van der Waals surface area contributed by atoms with Crippen LogP contribution in [0, 0.1) is 11.3 Å². The Morgan fingerprint density at radius 1 is 1.53 bits per heavy atom. The Balaban J connectivity index is 3.43. The molecule has 0 N–H and O–H groups in total. The highest BCUT2D eigenvalue weighted by atomic mass is 32.1. The number of benzene rings is 1. The summed E-state index contributed by atoms with van der Waals surface area (Å²) in [5.41, 5.74) is -0.487. The summed E-state index contributed by atoms with van der Waals surface area (Å²) in [5, 5.41) is 8.75. The summed E-state index contributed by atoms with van der Waals surface area (Å²) >= 11 is 3.93. The first-order chi connectivity index (χ1) is 8.01. The SMILES string of the molecule is COC(=O)c1c(S)ccc(C#N)c1OC(F)F. The van der Waals surface area contributed by atoms with Gasteiger partial charge in [0, 0.05) is 4.90 Å². The molecule has 0 unspecified atom stereocenters. The van der Waals surface area contributed by atoms with Crippen LogP contribution in [-0.4, -0.2) is 19.7 Å². The number of hydrogen-bond donors (Lipinski definition) is 1. The molecule has 0 fully saturated rings. The molecule has 0 saturated carbocycles. The number of esters is 1. The van der Waals surface area contributed by atoms with Crippen LogP contribution in [0.2, 0.25) is 0 Å². The van der Waals surface area contributed by atoms with Crippen molar-refractivity contribution in [2.45, 2.75) is 11.5 Å². The highest BCUT2D eigenvalue weighted by molar-refractivity contribution is 7.80. The van der Waals surface area contributed by atoms with Crippen LogP contribution in [0.4, 0.5) is 8.78 Å². The Kier molecular flexibility index (Phi) is 4.29. The van der Waals surface area contributed by atoms with Crippen LogP contribution >= 0.6 is 12.6 Å². The smallest absolute Gasteiger partial charge is 0.387 e. The molecule has 0 aliphatic rings. The fraction of sp³-hybridized carbons (Fsp3) is 0.200. The van der Waals surface area contributed by atoms with Crippen LogP contribution in [-0.2, 0) is 4.74 Å². The standard InChI is InChI=1S/C10H7F2NO3S/c1-15-9(14)7-6(17)3-2-5(4-13)8(7)16-10(11)12/h2-3,10,17H,1H3.